The lowest BCUT2D eigenvalue weighted by Gasteiger charge is -2.33. The number of hydrogen-bond acceptors (Lipinski definition) is 6. The highest BCUT2D eigenvalue weighted by Gasteiger charge is 2.26. The van der Waals surface area contributed by atoms with Crippen molar-refractivity contribution in [3.05, 3.63) is 89.6 Å². The molecule has 0 bridgehead atoms. The molecule has 0 spiro atoms. The topological polar surface area (TPSA) is 76.0 Å². The van der Waals surface area contributed by atoms with Crippen molar-refractivity contribution in [1.29, 1.82) is 0 Å². The number of phenolic OH excluding ortho intramolecular Hbond substituents is 1. The van der Waals surface area contributed by atoms with Gasteiger partial charge >= 0.3 is 0 Å². The highest BCUT2D eigenvalue weighted by Crippen LogP contribution is 2.34. The standard InChI is InChI=1S/C24H21NO5/c26-19-8-9-20-23(18(15-30-20)24(27)21-7-4-11-28-21)17(19)13-25-10-12-29-22(14-25)16-5-2-1-3-6-16/h1-9,11,15,22,26H,10,12-14H2. The molecule has 30 heavy (non-hydrogen) atoms. The Morgan fingerprint density at radius 3 is 2.73 bits per heavy atom. The average Bonchev–Trinajstić information content (AvgIpc) is 3.46. The maximum atomic E-state index is 12.9. The van der Waals surface area contributed by atoms with Gasteiger partial charge < -0.3 is 18.7 Å². The van der Waals surface area contributed by atoms with Crippen molar-refractivity contribution in [3.63, 3.8) is 0 Å². The summed E-state index contributed by atoms with van der Waals surface area (Å²) in [6, 6.07) is 16.7. The fourth-order valence-corrected chi connectivity index (χ4v) is 4.00. The first-order chi connectivity index (χ1) is 14.7. The SMILES string of the molecule is O=C(c1ccco1)c1coc2ccc(O)c(CN3CCOC(c4ccccc4)C3)c12. The second-order valence-electron chi connectivity index (χ2n) is 7.40. The van der Waals surface area contributed by atoms with Crippen LogP contribution in [0.25, 0.3) is 11.0 Å². The minimum Gasteiger partial charge on any atom is -0.508 e. The van der Waals surface area contributed by atoms with Crippen molar-refractivity contribution >= 4 is 16.8 Å². The maximum Gasteiger partial charge on any atom is 0.232 e. The third kappa shape index (κ3) is 3.40. The van der Waals surface area contributed by atoms with Crippen molar-refractivity contribution in [3.8, 4) is 5.75 Å². The summed E-state index contributed by atoms with van der Waals surface area (Å²) in [6.45, 7) is 2.51. The van der Waals surface area contributed by atoms with Gasteiger partial charge in [0.2, 0.25) is 5.78 Å². The van der Waals surface area contributed by atoms with Crippen molar-refractivity contribution in [2.45, 2.75) is 12.6 Å². The van der Waals surface area contributed by atoms with Gasteiger partial charge in [-0.15, -0.1) is 0 Å². The smallest absolute Gasteiger partial charge is 0.232 e. The monoisotopic (exact) mass is 403 g/mol. The Hall–Kier alpha value is -3.35. The molecule has 2 aromatic heterocycles. The predicted molar refractivity (Wildman–Crippen MR) is 110 cm³/mol. The number of hydrogen-bond donors (Lipinski definition) is 1. The van der Waals surface area contributed by atoms with Crippen LogP contribution >= 0.6 is 0 Å². The summed E-state index contributed by atoms with van der Waals surface area (Å²) in [5.74, 6) is 0.109. The van der Waals surface area contributed by atoms with Crippen LogP contribution in [0.4, 0.5) is 0 Å². The second-order valence-corrected chi connectivity index (χ2v) is 7.40. The number of ether oxygens (including phenoxy) is 1. The van der Waals surface area contributed by atoms with Crippen LogP contribution in [0.1, 0.15) is 33.3 Å². The summed E-state index contributed by atoms with van der Waals surface area (Å²) >= 11 is 0. The summed E-state index contributed by atoms with van der Waals surface area (Å²) in [4.78, 5) is 15.1. The van der Waals surface area contributed by atoms with E-state index in [0.29, 0.717) is 41.8 Å². The van der Waals surface area contributed by atoms with E-state index in [4.69, 9.17) is 13.6 Å². The lowest BCUT2D eigenvalue weighted by molar-refractivity contribution is -0.0329. The second kappa shape index (κ2) is 7.82. The predicted octanol–water partition coefficient (Wildman–Crippen LogP) is 4.54. The number of phenols is 1. The Morgan fingerprint density at radius 1 is 1.07 bits per heavy atom. The van der Waals surface area contributed by atoms with Crippen LogP contribution in [0, 0.1) is 0 Å². The van der Waals surface area contributed by atoms with Gasteiger partial charge in [-0.2, -0.15) is 0 Å². The first kappa shape index (κ1) is 18.7. The molecule has 1 aliphatic heterocycles. The normalized spacial score (nSPS) is 17.4. The summed E-state index contributed by atoms with van der Waals surface area (Å²) in [7, 11) is 0. The molecule has 0 saturated carbocycles. The summed E-state index contributed by atoms with van der Waals surface area (Å²) in [6.07, 6.45) is 2.87. The summed E-state index contributed by atoms with van der Waals surface area (Å²) in [5, 5.41) is 11.3. The molecule has 1 atom stereocenters. The Bertz CT molecular complexity index is 1160. The molecule has 1 saturated heterocycles. The third-order valence-corrected chi connectivity index (χ3v) is 5.52. The number of nitrogens with zero attached hydrogens (tertiary/aromatic N) is 1. The molecular weight excluding hydrogens is 382 g/mol. The fraction of sp³-hybridized carbons (Fsp3) is 0.208. The van der Waals surface area contributed by atoms with E-state index < -0.39 is 0 Å². The molecule has 6 nitrogen and oxygen atoms in total. The van der Waals surface area contributed by atoms with Gasteiger partial charge in [-0.05, 0) is 29.8 Å². The van der Waals surface area contributed by atoms with Crippen LogP contribution in [-0.2, 0) is 11.3 Å². The molecule has 0 aliphatic carbocycles. The van der Waals surface area contributed by atoms with Crippen LogP contribution in [0.3, 0.4) is 0 Å². The minimum atomic E-state index is -0.269. The van der Waals surface area contributed by atoms with Crippen LogP contribution in [0.15, 0.2) is 76.0 Å². The zero-order valence-electron chi connectivity index (χ0n) is 16.3. The fourth-order valence-electron chi connectivity index (χ4n) is 4.00. The number of carbonyl (C=O) groups is 1. The largest absolute Gasteiger partial charge is 0.508 e. The molecule has 1 unspecified atom stereocenters. The molecule has 4 aromatic rings. The maximum absolute atomic E-state index is 12.9. The number of furan rings is 2. The Labute approximate surface area is 173 Å². The average molecular weight is 403 g/mol. The number of rotatable bonds is 5. The molecule has 3 heterocycles. The van der Waals surface area contributed by atoms with E-state index in [-0.39, 0.29) is 23.4 Å². The van der Waals surface area contributed by atoms with Crippen molar-refractivity contribution in [2.24, 2.45) is 0 Å². The molecule has 6 heteroatoms. The highest BCUT2D eigenvalue weighted by atomic mass is 16.5. The minimum absolute atomic E-state index is 0.0325. The third-order valence-electron chi connectivity index (χ3n) is 5.52. The molecule has 5 rings (SSSR count). The number of morpholine rings is 1. The molecular formula is C24H21NO5. The lowest BCUT2D eigenvalue weighted by Crippen LogP contribution is -2.37. The van der Waals surface area contributed by atoms with Crippen LogP contribution < -0.4 is 0 Å². The number of carbonyl (C=O) groups excluding carboxylic acids is 1. The van der Waals surface area contributed by atoms with Crippen molar-refractivity contribution < 1.29 is 23.5 Å². The Balaban J connectivity index is 1.47. The molecule has 152 valence electrons. The van der Waals surface area contributed by atoms with E-state index in [9.17, 15) is 9.90 Å². The lowest BCUT2D eigenvalue weighted by atomic mass is 10.0. The zero-order valence-corrected chi connectivity index (χ0v) is 16.3. The van der Waals surface area contributed by atoms with E-state index in [0.717, 1.165) is 12.1 Å². The van der Waals surface area contributed by atoms with E-state index in [1.54, 1.807) is 24.3 Å². The van der Waals surface area contributed by atoms with Crippen molar-refractivity contribution in [1.82, 2.24) is 4.90 Å². The van der Waals surface area contributed by atoms with Crippen LogP contribution in [0.5, 0.6) is 5.75 Å². The molecule has 0 radical (unpaired) electrons. The number of aromatic hydroxyl groups is 1. The van der Waals surface area contributed by atoms with Gasteiger partial charge in [0.1, 0.15) is 17.6 Å². The summed E-state index contributed by atoms with van der Waals surface area (Å²) < 4.78 is 16.9. The van der Waals surface area contributed by atoms with Gasteiger partial charge in [-0.3, -0.25) is 9.69 Å². The van der Waals surface area contributed by atoms with Crippen LogP contribution in [0.2, 0.25) is 0 Å². The van der Waals surface area contributed by atoms with Crippen molar-refractivity contribution in [2.75, 3.05) is 19.7 Å². The molecule has 1 N–H and O–H groups in total. The van der Waals surface area contributed by atoms with E-state index in [1.165, 1.54) is 12.5 Å². The molecule has 2 aromatic carbocycles. The zero-order chi connectivity index (χ0) is 20.5. The number of benzene rings is 2. The van der Waals surface area contributed by atoms with Gasteiger partial charge in [-0.25, -0.2) is 0 Å². The van der Waals surface area contributed by atoms with E-state index in [1.807, 2.05) is 18.2 Å². The van der Waals surface area contributed by atoms with Gasteiger partial charge in [0.15, 0.2) is 5.76 Å². The van der Waals surface area contributed by atoms with E-state index >= 15 is 0 Å². The van der Waals surface area contributed by atoms with Gasteiger partial charge in [0.05, 0.1) is 24.5 Å². The first-order valence-corrected chi connectivity index (χ1v) is 9.90. The van der Waals surface area contributed by atoms with Gasteiger partial charge in [-0.1, -0.05) is 30.3 Å². The first-order valence-electron chi connectivity index (χ1n) is 9.90. The Kier molecular flexibility index (Phi) is 4.86. The molecule has 0 amide bonds. The number of fused-ring (bicyclic) bond motifs is 1. The van der Waals surface area contributed by atoms with E-state index in [2.05, 4.69) is 17.0 Å². The van der Waals surface area contributed by atoms with Gasteiger partial charge in [0, 0.05) is 30.6 Å². The summed E-state index contributed by atoms with van der Waals surface area (Å²) in [5.41, 5.74) is 2.75. The highest BCUT2D eigenvalue weighted by molar-refractivity contribution is 6.15. The number of ketones is 1. The Morgan fingerprint density at radius 2 is 1.93 bits per heavy atom. The quantitative estimate of drug-likeness (QED) is 0.493. The molecule has 1 fully saturated rings. The molecule has 1 aliphatic rings. The van der Waals surface area contributed by atoms with Crippen LogP contribution in [-0.4, -0.2) is 35.5 Å². The van der Waals surface area contributed by atoms with Gasteiger partial charge in [0.25, 0.3) is 0 Å².